The molecule has 1 atom stereocenters. The van der Waals surface area contributed by atoms with Crippen LogP contribution in [0, 0.1) is 0 Å². The van der Waals surface area contributed by atoms with Crippen molar-refractivity contribution >= 4 is 18.4 Å². The Hall–Kier alpha value is -1.46. The Morgan fingerprint density at radius 3 is 2.63 bits per heavy atom. The minimum absolute atomic E-state index is 0. The molecular formula is C13H20ClNO4. The Bertz CT molecular complexity index is 412. The van der Waals surface area contributed by atoms with Gasteiger partial charge in [-0.25, -0.2) is 0 Å². The Labute approximate surface area is 118 Å². The molecule has 0 fully saturated rings. The molecule has 5 nitrogen and oxygen atoms in total. The lowest BCUT2D eigenvalue weighted by Crippen LogP contribution is -2.34. The number of phenolic OH excluding ortho intramolecular Hbond substituents is 2. The van der Waals surface area contributed by atoms with Crippen molar-refractivity contribution in [1.29, 1.82) is 0 Å². The summed E-state index contributed by atoms with van der Waals surface area (Å²) < 4.78 is 4.99. The third-order valence-corrected chi connectivity index (χ3v) is 2.54. The number of benzene rings is 1. The number of unbranched alkanes of at least 4 members (excludes halogenated alkanes) is 1. The van der Waals surface area contributed by atoms with Crippen LogP contribution < -0.4 is 5.73 Å². The summed E-state index contributed by atoms with van der Waals surface area (Å²) in [5.74, 6) is -0.868. The van der Waals surface area contributed by atoms with Gasteiger partial charge in [0, 0.05) is 0 Å². The molecule has 108 valence electrons. The van der Waals surface area contributed by atoms with Gasteiger partial charge in [0.05, 0.1) is 6.61 Å². The molecule has 0 aliphatic rings. The van der Waals surface area contributed by atoms with E-state index >= 15 is 0 Å². The second-order valence-corrected chi connectivity index (χ2v) is 4.15. The van der Waals surface area contributed by atoms with Gasteiger partial charge in [0.25, 0.3) is 0 Å². The zero-order chi connectivity index (χ0) is 13.5. The van der Waals surface area contributed by atoms with Crippen LogP contribution in [0.5, 0.6) is 11.5 Å². The number of rotatable bonds is 6. The number of phenols is 2. The number of aromatic hydroxyl groups is 2. The van der Waals surface area contributed by atoms with E-state index in [1.165, 1.54) is 12.1 Å². The van der Waals surface area contributed by atoms with Crippen molar-refractivity contribution < 1.29 is 19.7 Å². The van der Waals surface area contributed by atoms with Crippen molar-refractivity contribution in [2.75, 3.05) is 6.61 Å². The van der Waals surface area contributed by atoms with Crippen LogP contribution in [0.25, 0.3) is 0 Å². The highest BCUT2D eigenvalue weighted by molar-refractivity contribution is 5.85. The summed E-state index contributed by atoms with van der Waals surface area (Å²) >= 11 is 0. The molecule has 1 aromatic rings. The molecule has 6 heteroatoms. The fraction of sp³-hybridized carbons (Fsp3) is 0.462. The average molecular weight is 290 g/mol. The molecule has 1 rings (SSSR count). The van der Waals surface area contributed by atoms with E-state index in [1.54, 1.807) is 6.07 Å². The van der Waals surface area contributed by atoms with E-state index in [2.05, 4.69) is 0 Å². The third-order valence-electron chi connectivity index (χ3n) is 2.54. The fourth-order valence-electron chi connectivity index (χ4n) is 1.46. The zero-order valence-corrected chi connectivity index (χ0v) is 11.7. The maximum atomic E-state index is 11.5. The highest BCUT2D eigenvalue weighted by atomic mass is 35.5. The molecule has 0 heterocycles. The first kappa shape index (κ1) is 17.5. The number of halogens is 1. The number of nitrogens with two attached hydrogens (primary N) is 1. The van der Waals surface area contributed by atoms with Crippen molar-refractivity contribution in [2.24, 2.45) is 5.73 Å². The molecule has 0 amide bonds. The summed E-state index contributed by atoms with van der Waals surface area (Å²) in [6.45, 7) is 2.39. The van der Waals surface area contributed by atoms with E-state index in [4.69, 9.17) is 15.6 Å². The monoisotopic (exact) mass is 289 g/mol. The summed E-state index contributed by atoms with van der Waals surface area (Å²) in [6.07, 6.45) is 2.03. The van der Waals surface area contributed by atoms with Crippen LogP contribution in [0.15, 0.2) is 18.2 Å². The number of carbonyl (C=O) groups excluding carboxylic acids is 1. The molecule has 0 unspecified atom stereocenters. The van der Waals surface area contributed by atoms with Crippen molar-refractivity contribution in [3.05, 3.63) is 23.8 Å². The molecule has 19 heavy (non-hydrogen) atoms. The van der Waals surface area contributed by atoms with E-state index in [0.717, 1.165) is 12.8 Å². The number of esters is 1. The fourth-order valence-corrected chi connectivity index (χ4v) is 1.46. The highest BCUT2D eigenvalue weighted by Crippen LogP contribution is 2.25. The molecule has 0 spiro atoms. The van der Waals surface area contributed by atoms with Gasteiger partial charge in [-0.15, -0.1) is 12.4 Å². The van der Waals surface area contributed by atoms with Gasteiger partial charge >= 0.3 is 5.97 Å². The summed E-state index contributed by atoms with van der Waals surface area (Å²) in [4.78, 5) is 11.5. The summed E-state index contributed by atoms with van der Waals surface area (Å²) in [7, 11) is 0. The molecule has 0 aromatic heterocycles. The largest absolute Gasteiger partial charge is 0.504 e. The van der Waals surface area contributed by atoms with Crippen LogP contribution in [0.4, 0.5) is 0 Å². The molecule has 0 saturated carbocycles. The maximum Gasteiger partial charge on any atom is 0.323 e. The smallest absolute Gasteiger partial charge is 0.323 e. The average Bonchev–Trinajstić information content (AvgIpc) is 2.34. The lowest BCUT2D eigenvalue weighted by atomic mass is 10.1. The van der Waals surface area contributed by atoms with E-state index in [1.807, 2.05) is 6.92 Å². The second-order valence-electron chi connectivity index (χ2n) is 4.15. The van der Waals surface area contributed by atoms with Gasteiger partial charge in [-0.1, -0.05) is 19.4 Å². The normalized spacial score (nSPS) is 11.5. The SMILES string of the molecule is CCCCOC(=O)[C@@H](N)Cc1ccc(O)c(O)c1.Cl. The Morgan fingerprint density at radius 1 is 1.37 bits per heavy atom. The van der Waals surface area contributed by atoms with Gasteiger partial charge in [-0.05, 0) is 30.5 Å². The molecule has 0 aliphatic carbocycles. The molecular weight excluding hydrogens is 270 g/mol. The van der Waals surface area contributed by atoms with Crippen molar-refractivity contribution in [3.63, 3.8) is 0 Å². The number of hydrogen-bond acceptors (Lipinski definition) is 5. The zero-order valence-electron chi connectivity index (χ0n) is 10.8. The van der Waals surface area contributed by atoms with Crippen LogP contribution in [0.2, 0.25) is 0 Å². The lowest BCUT2D eigenvalue weighted by Gasteiger charge is -2.11. The van der Waals surface area contributed by atoms with Crippen molar-refractivity contribution in [3.8, 4) is 11.5 Å². The van der Waals surface area contributed by atoms with E-state index in [9.17, 15) is 9.90 Å². The molecule has 1 aromatic carbocycles. The van der Waals surface area contributed by atoms with E-state index < -0.39 is 12.0 Å². The minimum Gasteiger partial charge on any atom is -0.504 e. The van der Waals surface area contributed by atoms with Crippen LogP contribution in [-0.4, -0.2) is 28.8 Å². The van der Waals surface area contributed by atoms with Crippen LogP contribution in [-0.2, 0) is 16.0 Å². The first-order valence-electron chi connectivity index (χ1n) is 5.97. The third kappa shape index (κ3) is 5.81. The Morgan fingerprint density at radius 2 is 2.05 bits per heavy atom. The van der Waals surface area contributed by atoms with Crippen molar-refractivity contribution in [1.82, 2.24) is 0 Å². The number of hydrogen-bond donors (Lipinski definition) is 3. The van der Waals surface area contributed by atoms with Gasteiger partial charge in [0.1, 0.15) is 6.04 Å². The van der Waals surface area contributed by atoms with Gasteiger partial charge in [0.15, 0.2) is 11.5 Å². The quantitative estimate of drug-likeness (QED) is 0.421. The lowest BCUT2D eigenvalue weighted by molar-refractivity contribution is -0.145. The van der Waals surface area contributed by atoms with Crippen LogP contribution in [0.3, 0.4) is 0 Å². The molecule has 4 N–H and O–H groups in total. The predicted octanol–water partition coefficient (Wildman–Crippen LogP) is 1.73. The Kier molecular flexibility index (Phi) is 7.95. The van der Waals surface area contributed by atoms with E-state index in [0.29, 0.717) is 12.2 Å². The van der Waals surface area contributed by atoms with Gasteiger partial charge in [0.2, 0.25) is 0 Å². The maximum absolute atomic E-state index is 11.5. The minimum atomic E-state index is -0.759. The van der Waals surface area contributed by atoms with Gasteiger partial charge in [-0.3, -0.25) is 4.79 Å². The summed E-state index contributed by atoms with van der Waals surface area (Å²) in [5.41, 5.74) is 6.37. The second kappa shape index (κ2) is 8.61. The first-order valence-corrected chi connectivity index (χ1v) is 5.97. The highest BCUT2D eigenvalue weighted by Gasteiger charge is 2.16. The summed E-state index contributed by atoms with van der Waals surface area (Å²) in [6, 6.07) is 3.59. The standard InChI is InChI=1S/C13H19NO4.ClH/c1-2-3-6-18-13(17)10(14)7-9-4-5-11(15)12(16)8-9;/h4-5,8,10,15-16H,2-3,6-7,14H2,1H3;1H/t10-;/m0./s1. The van der Waals surface area contributed by atoms with E-state index in [-0.39, 0.29) is 30.3 Å². The van der Waals surface area contributed by atoms with Gasteiger partial charge in [-0.2, -0.15) is 0 Å². The Balaban J connectivity index is 0.00000324. The predicted molar refractivity (Wildman–Crippen MR) is 74.6 cm³/mol. The van der Waals surface area contributed by atoms with Crippen LogP contribution >= 0.6 is 12.4 Å². The number of carbonyl (C=O) groups is 1. The molecule has 0 radical (unpaired) electrons. The van der Waals surface area contributed by atoms with Crippen molar-refractivity contribution in [2.45, 2.75) is 32.2 Å². The molecule has 0 aliphatic heterocycles. The topological polar surface area (TPSA) is 92.8 Å². The van der Waals surface area contributed by atoms with Crippen LogP contribution in [0.1, 0.15) is 25.3 Å². The van der Waals surface area contributed by atoms with Gasteiger partial charge < -0.3 is 20.7 Å². The summed E-state index contributed by atoms with van der Waals surface area (Å²) in [5, 5.41) is 18.5. The molecule has 0 saturated heterocycles. The molecule has 0 bridgehead atoms. The number of ether oxygens (including phenoxy) is 1. The first-order chi connectivity index (χ1) is 8.54.